The van der Waals surface area contributed by atoms with Crippen LogP contribution in [0.5, 0.6) is 0 Å². The molecule has 94 valence electrons. The molecule has 2 rings (SSSR count). The van der Waals surface area contributed by atoms with Crippen LogP contribution in [-0.2, 0) is 0 Å². The van der Waals surface area contributed by atoms with Crippen LogP contribution in [0.3, 0.4) is 0 Å². The highest BCUT2D eigenvalue weighted by atomic mass is 15.2. The number of rotatable bonds is 4. The first-order valence-electron chi connectivity index (χ1n) is 6.84. The zero-order valence-corrected chi connectivity index (χ0v) is 11.0. The van der Waals surface area contributed by atoms with E-state index in [0.717, 1.165) is 12.6 Å². The predicted molar refractivity (Wildman–Crippen MR) is 74.3 cm³/mol. The molecule has 0 heterocycles. The Morgan fingerprint density at radius 2 is 1.82 bits per heavy atom. The Bertz CT molecular complexity index is 336. The molecule has 0 aliphatic heterocycles. The number of hydrogen-bond donors (Lipinski definition) is 1. The van der Waals surface area contributed by atoms with Crippen molar-refractivity contribution in [1.82, 2.24) is 0 Å². The Morgan fingerprint density at radius 1 is 1.24 bits per heavy atom. The minimum Gasteiger partial charge on any atom is -0.369 e. The van der Waals surface area contributed by atoms with E-state index in [4.69, 9.17) is 5.73 Å². The molecule has 2 nitrogen and oxygen atoms in total. The zero-order valence-electron chi connectivity index (χ0n) is 11.0. The van der Waals surface area contributed by atoms with Gasteiger partial charge < -0.3 is 10.6 Å². The van der Waals surface area contributed by atoms with E-state index in [1.807, 2.05) is 6.92 Å². The first-order chi connectivity index (χ1) is 8.22. The molecule has 2 heteroatoms. The molecule has 0 bridgehead atoms. The van der Waals surface area contributed by atoms with Crippen molar-refractivity contribution in [3.63, 3.8) is 0 Å². The second kappa shape index (κ2) is 5.54. The summed E-state index contributed by atoms with van der Waals surface area (Å²) < 4.78 is 0. The first-order valence-corrected chi connectivity index (χ1v) is 6.84. The van der Waals surface area contributed by atoms with Crippen LogP contribution in [0.15, 0.2) is 24.3 Å². The number of anilines is 1. The molecule has 0 amide bonds. The van der Waals surface area contributed by atoms with Crippen molar-refractivity contribution in [3.05, 3.63) is 29.8 Å². The third kappa shape index (κ3) is 2.81. The van der Waals surface area contributed by atoms with E-state index in [1.165, 1.54) is 36.9 Å². The van der Waals surface area contributed by atoms with Gasteiger partial charge >= 0.3 is 0 Å². The van der Waals surface area contributed by atoms with E-state index >= 15 is 0 Å². The molecule has 1 saturated carbocycles. The van der Waals surface area contributed by atoms with Crippen LogP contribution in [0.1, 0.15) is 51.1 Å². The maximum Gasteiger partial charge on any atom is 0.0368 e. The van der Waals surface area contributed by atoms with Gasteiger partial charge in [0.15, 0.2) is 0 Å². The lowest BCUT2D eigenvalue weighted by molar-refractivity contribution is 0.620. The number of benzene rings is 1. The predicted octanol–water partition coefficient (Wildman–Crippen LogP) is 3.48. The Hall–Kier alpha value is -1.02. The van der Waals surface area contributed by atoms with Crippen LogP contribution < -0.4 is 10.6 Å². The van der Waals surface area contributed by atoms with Crippen molar-refractivity contribution < 1.29 is 0 Å². The molecule has 17 heavy (non-hydrogen) atoms. The highest BCUT2D eigenvalue weighted by Gasteiger charge is 2.21. The fourth-order valence-electron chi connectivity index (χ4n) is 2.84. The molecule has 1 aromatic rings. The fraction of sp³-hybridized carbons (Fsp3) is 0.600. The summed E-state index contributed by atoms with van der Waals surface area (Å²) in [6, 6.07) is 9.66. The van der Waals surface area contributed by atoms with E-state index in [-0.39, 0.29) is 6.04 Å². The number of nitrogens with zero attached hydrogens (tertiary/aromatic N) is 1. The van der Waals surface area contributed by atoms with Crippen LogP contribution in [0.2, 0.25) is 0 Å². The van der Waals surface area contributed by atoms with Gasteiger partial charge in [-0.3, -0.25) is 0 Å². The third-order valence-electron chi connectivity index (χ3n) is 3.86. The second-order valence-electron chi connectivity index (χ2n) is 5.10. The lowest BCUT2D eigenvalue weighted by atomic mass is 10.1. The summed E-state index contributed by atoms with van der Waals surface area (Å²) in [6.07, 6.45) is 5.48. The number of hydrogen-bond acceptors (Lipinski definition) is 2. The molecule has 0 aromatic heterocycles. The van der Waals surface area contributed by atoms with Gasteiger partial charge in [-0.25, -0.2) is 0 Å². The van der Waals surface area contributed by atoms with Crippen molar-refractivity contribution >= 4 is 5.69 Å². The maximum atomic E-state index is 5.88. The van der Waals surface area contributed by atoms with Crippen molar-refractivity contribution in [3.8, 4) is 0 Å². The lowest BCUT2D eigenvalue weighted by Gasteiger charge is -2.30. The van der Waals surface area contributed by atoms with Crippen LogP contribution >= 0.6 is 0 Å². The average molecular weight is 232 g/mol. The summed E-state index contributed by atoms with van der Waals surface area (Å²) in [5, 5.41) is 0. The quantitative estimate of drug-likeness (QED) is 0.861. The molecular weight excluding hydrogens is 208 g/mol. The summed E-state index contributed by atoms with van der Waals surface area (Å²) >= 11 is 0. The Kier molecular flexibility index (Phi) is 4.06. The van der Waals surface area contributed by atoms with E-state index in [1.54, 1.807) is 0 Å². The molecular formula is C15H24N2. The molecule has 1 aromatic carbocycles. The standard InChI is InChI=1S/C15H24N2/c1-3-17(14-6-4-5-7-14)15-10-8-13(9-11-15)12(2)16/h8-12,14H,3-7,16H2,1-2H3/t12-/m1/s1. The monoisotopic (exact) mass is 232 g/mol. The summed E-state index contributed by atoms with van der Waals surface area (Å²) in [7, 11) is 0. The van der Waals surface area contributed by atoms with Crippen LogP contribution in [0.4, 0.5) is 5.69 Å². The van der Waals surface area contributed by atoms with Crippen molar-refractivity contribution in [2.24, 2.45) is 5.73 Å². The van der Waals surface area contributed by atoms with Gasteiger partial charge in [0.25, 0.3) is 0 Å². The molecule has 1 fully saturated rings. The van der Waals surface area contributed by atoms with E-state index in [2.05, 4.69) is 36.1 Å². The van der Waals surface area contributed by atoms with Crippen molar-refractivity contribution in [1.29, 1.82) is 0 Å². The van der Waals surface area contributed by atoms with Crippen molar-refractivity contribution in [2.45, 2.75) is 51.6 Å². The largest absolute Gasteiger partial charge is 0.369 e. The van der Waals surface area contributed by atoms with E-state index in [0.29, 0.717) is 0 Å². The molecule has 0 unspecified atom stereocenters. The van der Waals surface area contributed by atoms with E-state index in [9.17, 15) is 0 Å². The first kappa shape index (κ1) is 12.4. The Morgan fingerprint density at radius 3 is 2.29 bits per heavy atom. The Labute approximate surface area is 105 Å². The molecule has 0 radical (unpaired) electrons. The molecule has 1 aliphatic carbocycles. The maximum absolute atomic E-state index is 5.88. The summed E-state index contributed by atoms with van der Waals surface area (Å²) in [5.41, 5.74) is 8.45. The molecule has 1 atom stereocenters. The topological polar surface area (TPSA) is 29.3 Å². The van der Waals surface area contributed by atoms with Crippen LogP contribution in [0, 0.1) is 0 Å². The van der Waals surface area contributed by atoms with Gasteiger partial charge in [-0.05, 0) is 44.4 Å². The lowest BCUT2D eigenvalue weighted by Crippen LogP contribution is -2.32. The minimum absolute atomic E-state index is 0.130. The normalized spacial score (nSPS) is 18.3. The van der Waals surface area contributed by atoms with Gasteiger partial charge in [-0.2, -0.15) is 0 Å². The SMILES string of the molecule is CCN(c1ccc([C@@H](C)N)cc1)C1CCCC1. The van der Waals surface area contributed by atoms with Crippen LogP contribution in [0.25, 0.3) is 0 Å². The second-order valence-corrected chi connectivity index (χ2v) is 5.10. The van der Waals surface area contributed by atoms with Crippen molar-refractivity contribution in [2.75, 3.05) is 11.4 Å². The van der Waals surface area contributed by atoms with Gasteiger partial charge in [-0.1, -0.05) is 25.0 Å². The zero-order chi connectivity index (χ0) is 12.3. The van der Waals surface area contributed by atoms with Gasteiger partial charge in [-0.15, -0.1) is 0 Å². The average Bonchev–Trinajstić information content (AvgIpc) is 2.84. The molecule has 2 N–H and O–H groups in total. The highest BCUT2D eigenvalue weighted by molar-refractivity contribution is 5.49. The van der Waals surface area contributed by atoms with Gasteiger partial charge in [0.2, 0.25) is 0 Å². The van der Waals surface area contributed by atoms with Crippen LogP contribution in [-0.4, -0.2) is 12.6 Å². The minimum atomic E-state index is 0.130. The highest BCUT2D eigenvalue weighted by Crippen LogP contribution is 2.28. The summed E-state index contributed by atoms with van der Waals surface area (Å²) in [6.45, 7) is 5.38. The molecule has 0 spiro atoms. The fourth-order valence-corrected chi connectivity index (χ4v) is 2.84. The summed E-state index contributed by atoms with van der Waals surface area (Å²) in [5.74, 6) is 0. The molecule has 0 saturated heterocycles. The Balaban J connectivity index is 2.13. The molecule has 1 aliphatic rings. The smallest absolute Gasteiger partial charge is 0.0368 e. The summed E-state index contributed by atoms with van der Waals surface area (Å²) in [4.78, 5) is 2.54. The van der Waals surface area contributed by atoms with Gasteiger partial charge in [0.05, 0.1) is 0 Å². The third-order valence-corrected chi connectivity index (χ3v) is 3.86. The van der Waals surface area contributed by atoms with E-state index < -0.39 is 0 Å². The van der Waals surface area contributed by atoms with Gasteiger partial charge in [0.1, 0.15) is 0 Å². The van der Waals surface area contributed by atoms with Gasteiger partial charge in [0, 0.05) is 24.3 Å². The number of nitrogens with two attached hydrogens (primary N) is 1.